The highest BCUT2D eigenvalue weighted by atomic mass is 16.2. The maximum absolute atomic E-state index is 11.8. The smallest absolute Gasteiger partial charge is 0.226 e. The first kappa shape index (κ1) is 15.4. The van der Waals surface area contributed by atoms with Gasteiger partial charge in [-0.25, -0.2) is 0 Å². The van der Waals surface area contributed by atoms with Crippen LogP contribution in [0.25, 0.3) is 0 Å². The number of benzene rings is 1. The lowest BCUT2D eigenvalue weighted by Crippen LogP contribution is -2.19. The molecule has 0 aliphatic rings. The summed E-state index contributed by atoms with van der Waals surface area (Å²) in [4.78, 5) is 23.4. The molecular formula is C16H23NO2. The van der Waals surface area contributed by atoms with Gasteiger partial charge in [-0.05, 0) is 37.5 Å². The van der Waals surface area contributed by atoms with E-state index >= 15 is 0 Å². The lowest BCUT2D eigenvalue weighted by Gasteiger charge is -2.13. The van der Waals surface area contributed by atoms with Gasteiger partial charge in [-0.2, -0.15) is 0 Å². The third-order valence-corrected chi connectivity index (χ3v) is 3.06. The Morgan fingerprint density at radius 1 is 1.26 bits per heavy atom. The Hall–Kier alpha value is -1.64. The molecule has 0 heterocycles. The molecule has 0 aliphatic carbocycles. The van der Waals surface area contributed by atoms with Crippen molar-refractivity contribution in [3.63, 3.8) is 0 Å². The molecule has 0 spiro atoms. The monoisotopic (exact) mass is 261 g/mol. The van der Waals surface area contributed by atoms with E-state index in [1.807, 2.05) is 32.0 Å². The van der Waals surface area contributed by atoms with E-state index in [1.54, 1.807) is 0 Å². The molecule has 1 rings (SSSR count). The molecule has 1 aromatic carbocycles. The number of nitrogens with one attached hydrogen (secondary N) is 1. The van der Waals surface area contributed by atoms with Crippen LogP contribution >= 0.6 is 0 Å². The number of Topliss-reactive ketones (excluding diaryl/α,β-unsaturated/α-hetero) is 1. The average Bonchev–Trinajstić information content (AvgIpc) is 2.36. The van der Waals surface area contributed by atoms with Gasteiger partial charge in [-0.15, -0.1) is 0 Å². The second-order valence-electron chi connectivity index (χ2n) is 5.18. The molecule has 0 atom stereocenters. The number of aryl methyl sites for hydroxylation is 1. The Kier molecular flexibility index (Phi) is 5.74. The fraction of sp³-hybridized carbons (Fsp3) is 0.500. The summed E-state index contributed by atoms with van der Waals surface area (Å²) in [6, 6.07) is 5.70. The number of rotatable bonds is 6. The highest BCUT2D eigenvalue weighted by Gasteiger charge is 2.13. The Bertz CT molecular complexity index is 464. The predicted molar refractivity (Wildman–Crippen MR) is 78.5 cm³/mol. The summed E-state index contributed by atoms with van der Waals surface area (Å²) in [5, 5.41) is 2.85. The minimum Gasteiger partial charge on any atom is -0.325 e. The van der Waals surface area contributed by atoms with Crippen molar-refractivity contribution in [3.05, 3.63) is 29.3 Å². The van der Waals surface area contributed by atoms with E-state index in [-0.39, 0.29) is 17.6 Å². The van der Waals surface area contributed by atoms with Crippen LogP contribution < -0.4 is 5.32 Å². The van der Waals surface area contributed by atoms with Gasteiger partial charge in [-0.3, -0.25) is 9.59 Å². The zero-order chi connectivity index (χ0) is 14.4. The van der Waals surface area contributed by atoms with Crippen molar-refractivity contribution in [2.45, 2.75) is 47.0 Å². The van der Waals surface area contributed by atoms with E-state index in [0.717, 1.165) is 24.8 Å². The second-order valence-corrected chi connectivity index (χ2v) is 5.18. The summed E-state index contributed by atoms with van der Waals surface area (Å²) >= 11 is 0. The number of carbonyl (C=O) groups excluding carboxylic acids is 2. The van der Waals surface area contributed by atoms with Crippen LogP contribution in [0.4, 0.5) is 5.69 Å². The van der Waals surface area contributed by atoms with Crippen LogP contribution in [0.5, 0.6) is 0 Å². The molecule has 0 unspecified atom stereocenters. The molecular weight excluding hydrogens is 238 g/mol. The lowest BCUT2D eigenvalue weighted by molar-refractivity contribution is -0.118. The number of carbonyl (C=O) groups is 2. The average molecular weight is 261 g/mol. The van der Waals surface area contributed by atoms with Crippen molar-refractivity contribution in [1.82, 2.24) is 0 Å². The van der Waals surface area contributed by atoms with E-state index in [0.29, 0.717) is 11.3 Å². The first-order valence-corrected chi connectivity index (χ1v) is 6.90. The number of unbranched alkanes of at least 4 members (excludes halogenated alkanes) is 1. The summed E-state index contributed by atoms with van der Waals surface area (Å²) < 4.78 is 0. The molecule has 3 nitrogen and oxygen atoms in total. The Morgan fingerprint density at radius 3 is 2.47 bits per heavy atom. The number of hydrogen-bond donors (Lipinski definition) is 1. The van der Waals surface area contributed by atoms with Crippen LogP contribution in [0.2, 0.25) is 0 Å². The van der Waals surface area contributed by atoms with Gasteiger partial charge in [0, 0.05) is 11.5 Å². The minimum atomic E-state index is -0.0980. The van der Waals surface area contributed by atoms with E-state index in [2.05, 4.69) is 12.2 Å². The summed E-state index contributed by atoms with van der Waals surface area (Å²) in [7, 11) is 0. The van der Waals surface area contributed by atoms with Crippen molar-refractivity contribution >= 4 is 17.4 Å². The Balaban J connectivity index is 3.01. The first-order valence-electron chi connectivity index (χ1n) is 6.90. The van der Waals surface area contributed by atoms with Crippen molar-refractivity contribution in [2.75, 3.05) is 5.32 Å². The van der Waals surface area contributed by atoms with Gasteiger partial charge in [0.05, 0.1) is 5.69 Å². The molecule has 0 bridgehead atoms. The summed E-state index contributed by atoms with van der Waals surface area (Å²) in [6.07, 6.45) is 3.21. The molecule has 1 aromatic rings. The highest BCUT2D eigenvalue weighted by Crippen LogP contribution is 2.20. The molecule has 19 heavy (non-hydrogen) atoms. The third kappa shape index (κ3) is 4.51. The topological polar surface area (TPSA) is 46.2 Å². The largest absolute Gasteiger partial charge is 0.325 e. The van der Waals surface area contributed by atoms with Gasteiger partial charge in [0.1, 0.15) is 0 Å². The van der Waals surface area contributed by atoms with Gasteiger partial charge >= 0.3 is 0 Å². The normalized spacial score (nSPS) is 10.6. The molecule has 0 fully saturated rings. The SMILES string of the molecule is CCCCc1ccc(C(C)=O)c(NC(=O)C(C)C)c1. The number of ketones is 1. The first-order chi connectivity index (χ1) is 8.95. The summed E-state index contributed by atoms with van der Waals surface area (Å²) in [5.41, 5.74) is 2.37. The van der Waals surface area contributed by atoms with E-state index in [1.165, 1.54) is 6.92 Å². The number of hydrogen-bond acceptors (Lipinski definition) is 2. The molecule has 1 amide bonds. The molecule has 0 saturated carbocycles. The fourth-order valence-corrected chi connectivity index (χ4v) is 1.82. The molecule has 0 aliphatic heterocycles. The molecule has 104 valence electrons. The quantitative estimate of drug-likeness (QED) is 0.791. The minimum absolute atomic E-state index is 0.0268. The van der Waals surface area contributed by atoms with Crippen molar-refractivity contribution in [3.8, 4) is 0 Å². The van der Waals surface area contributed by atoms with Gasteiger partial charge < -0.3 is 5.32 Å². The highest BCUT2D eigenvalue weighted by molar-refractivity contribution is 6.04. The van der Waals surface area contributed by atoms with Crippen LogP contribution in [0.15, 0.2) is 18.2 Å². The summed E-state index contributed by atoms with van der Waals surface area (Å²) in [6.45, 7) is 7.34. The van der Waals surface area contributed by atoms with Crippen LogP contribution in [-0.2, 0) is 11.2 Å². The van der Waals surface area contributed by atoms with E-state index < -0.39 is 0 Å². The maximum atomic E-state index is 11.8. The Labute approximate surface area is 115 Å². The van der Waals surface area contributed by atoms with Crippen LogP contribution in [0.3, 0.4) is 0 Å². The zero-order valence-corrected chi connectivity index (χ0v) is 12.2. The van der Waals surface area contributed by atoms with Gasteiger partial charge in [-0.1, -0.05) is 33.3 Å². The van der Waals surface area contributed by atoms with Gasteiger partial charge in [0.25, 0.3) is 0 Å². The maximum Gasteiger partial charge on any atom is 0.226 e. The van der Waals surface area contributed by atoms with Gasteiger partial charge in [0.15, 0.2) is 5.78 Å². The third-order valence-electron chi connectivity index (χ3n) is 3.06. The van der Waals surface area contributed by atoms with Crippen LogP contribution in [0.1, 0.15) is 56.5 Å². The van der Waals surface area contributed by atoms with Crippen LogP contribution in [0, 0.1) is 5.92 Å². The zero-order valence-electron chi connectivity index (χ0n) is 12.2. The van der Waals surface area contributed by atoms with Crippen molar-refractivity contribution < 1.29 is 9.59 Å². The number of amides is 1. The molecule has 1 N–H and O–H groups in total. The summed E-state index contributed by atoms with van der Waals surface area (Å²) in [5.74, 6) is -0.185. The van der Waals surface area contributed by atoms with E-state index in [9.17, 15) is 9.59 Å². The van der Waals surface area contributed by atoms with Crippen molar-refractivity contribution in [1.29, 1.82) is 0 Å². The van der Waals surface area contributed by atoms with E-state index in [4.69, 9.17) is 0 Å². The van der Waals surface area contributed by atoms with Crippen LogP contribution in [-0.4, -0.2) is 11.7 Å². The number of anilines is 1. The molecule has 0 radical (unpaired) electrons. The fourth-order valence-electron chi connectivity index (χ4n) is 1.82. The lowest BCUT2D eigenvalue weighted by atomic mass is 10.0. The van der Waals surface area contributed by atoms with Crippen molar-refractivity contribution in [2.24, 2.45) is 5.92 Å². The molecule has 3 heteroatoms. The molecule has 0 aromatic heterocycles. The standard InChI is InChI=1S/C16H23NO2/c1-5-6-7-13-8-9-14(12(4)18)15(10-13)17-16(19)11(2)3/h8-11H,5-7H2,1-4H3,(H,17,19). The van der Waals surface area contributed by atoms with Gasteiger partial charge in [0.2, 0.25) is 5.91 Å². The predicted octanol–water partition coefficient (Wildman–Crippen LogP) is 3.83. The Morgan fingerprint density at radius 2 is 1.95 bits per heavy atom. The molecule has 0 saturated heterocycles. The second kappa shape index (κ2) is 7.07.